The predicted molar refractivity (Wildman–Crippen MR) is 71.3 cm³/mol. The fourth-order valence-electron chi connectivity index (χ4n) is 1.85. The largest absolute Gasteiger partial charge is 0.497 e. The van der Waals surface area contributed by atoms with E-state index in [0.29, 0.717) is 23.2 Å². The van der Waals surface area contributed by atoms with Crippen molar-refractivity contribution < 1.29 is 13.2 Å². The zero-order valence-electron chi connectivity index (χ0n) is 10.9. The first-order valence-electron chi connectivity index (χ1n) is 5.67. The van der Waals surface area contributed by atoms with Crippen LogP contribution in [0.2, 0.25) is 0 Å². The molecule has 0 unspecified atom stereocenters. The van der Waals surface area contributed by atoms with Crippen LogP contribution in [0.15, 0.2) is 28.0 Å². The minimum absolute atomic E-state index is 0.318. The molecule has 0 aliphatic carbocycles. The Morgan fingerprint density at radius 2 is 2.05 bits per heavy atom. The van der Waals surface area contributed by atoms with E-state index in [1.807, 2.05) is 6.92 Å². The molecule has 0 aliphatic rings. The van der Waals surface area contributed by atoms with Crippen molar-refractivity contribution in [2.45, 2.75) is 18.5 Å². The first-order valence-corrected chi connectivity index (χ1v) is 7.56. The highest BCUT2D eigenvalue weighted by molar-refractivity contribution is 7.90. The maximum atomic E-state index is 12.1. The molecular weight excluding hydrogens is 268 g/mol. The molecule has 6 nitrogen and oxygen atoms in total. The third kappa shape index (κ3) is 2.33. The van der Waals surface area contributed by atoms with Gasteiger partial charge < -0.3 is 4.74 Å². The molecule has 0 bridgehead atoms. The maximum absolute atomic E-state index is 12.1. The highest BCUT2D eigenvalue weighted by Gasteiger charge is 2.18. The van der Waals surface area contributed by atoms with E-state index in [1.54, 1.807) is 18.2 Å². The maximum Gasteiger partial charge on any atom is 0.227 e. The summed E-state index contributed by atoms with van der Waals surface area (Å²) >= 11 is 0. The molecule has 1 aromatic heterocycles. The molecule has 0 spiro atoms. The highest BCUT2D eigenvalue weighted by Crippen LogP contribution is 2.19. The van der Waals surface area contributed by atoms with Gasteiger partial charge in [0.2, 0.25) is 10.5 Å². The number of ether oxygens (including phenoxy) is 1. The van der Waals surface area contributed by atoms with E-state index >= 15 is 0 Å². The van der Waals surface area contributed by atoms with Crippen molar-refractivity contribution in [3.63, 3.8) is 0 Å². The average molecular weight is 282 g/mol. The van der Waals surface area contributed by atoms with Crippen LogP contribution in [0, 0.1) is 0 Å². The number of rotatable bonds is 3. The molecule has 0 fully saturated rings. The second-order valence-electron chi connectivity index (χ2n) is 4.11. The van der Waals surface area contributed by atoms with E-state index in [1.165, 1.54) is 11.8 Å². The topological polar surface area (TPSA) is 78.3 Å². The molecule has 19 heavy (non-hydrogen) atoms. The van der Waals surface area contributed by atoms with Gasteiger partial charge in [-0.1, -0.05) is 0 Å². The summed E-state index contributed by atoms with van der Waals surface area (Å²) in [5.74, 6) is 0.586. The summed E-state index contributed by atoms with van der Waals surface area (Å²) in [5.41, 5.74) is -0.0240. The van der Waals surface area contributed by atoms with Crippen LogP contribution in [0.4, 0.5) is 0 Å². The van der Waals surface area contributed by atoms with E-state index in [2.05, 4.69) is 5.10 Å². The van der Waals surface area contributed by atoms with Gasteiger partial charge in [-0.05, 0) is 19.1 Å². The number of sulfone groups is 1. The standard InChI is InChI=1S/C12H14N2O4S/c1-4-14-10-7-8(18-2)5-6-9(10)11(15)12(13-14)19(3,16)17/h5-7H,4H2,1-3H3. The van der Waals surface area contributed by atoms with Crippen LogP contribution in [0.1, 0.15) is 6.92 Å². The molecule has 2 rings (SSSR count). The number of hydrogen-bond donors (Lipinski definition) is 0. The number of methoxy groups -OCH3 is 1. The molecule has 0 saturated heterocycles. The summed E-state index contributed by atoms with van der Waals surface area (Å²) in [7, 11) is -2.13. The fraction of sp³-hybridized carbons (Fsp3) is 0.333. The van der Waals surface area contributed by atoms with Crippen LogP contribution < -0.4 is 10.2 Å². The number of hydrogen-bond acceptors (Lipinski definition) is 5. The van der Waals surface area contributed by atoms with E-state index in [-0.39, 0.29) is 0 Å². The van der Waals surface area contributed by atoms with E-state index in [4.69, 9.17) is 4.74 Å². The minimum Gasteiger partial charge on any atom is -0.497 e. The monoisotopic (exact) mass is 282 g/mol. The minimum atomic E-state index is -3.65. The number of nitrogens with zero attached hydrogens (tertiary/aromatic N) is 2. The average Bonchev–Trinajstić information content (AvgIpc) is 2.37. The van der Waals surface area contributed by atoms with Crippen molar-refractivity contribution in [2.75, 3.05) is 13.4 Å². The lowest BCUT2D eigenvalue weighted by Crippen LogP contribution is -2.22. The zero-order valence-corrected chi connectivity index (χ0v) is 11.7. The van der Waals surface area contributed by atoms with Gasteiger partial charge >= 0.3 is 0 Å². The molecule has 0 aliphatic heterocycles. The molecular formula is C12H14N2O4S. The molecule has 0 radical (unpaired) electrons. The van der Waals surface area contributed by atoms with Crippen LogP contribution in [0.25, 0.3) is 10.9 Å². The molecule has 7 heteroatoms. The third-order valence-electron chi connectivity index (χ3n) is 2.78. The summed E-state index contributed by atoms with van der Waals surface area (Å²) in [6.45, 7) is 2.27. The molecule has 2 aromatic rings. The van der Waals surface area contributed by atoms with Crippen molar-refractivity contribution in [3.05, 3.63) is 28.4 Å². The van der Waals surface area contributed by atoms with Crippen molar-refractivity contribution in [3.8, 4) is 5.75 Å². The smallest absolute Gasteiger partial charge is 0.227 e. The summed E-state index contributed by atoms with van der Waals surface area (Å²) in [5, 5.41) is 3.82. The predicted octanol–water partition coefficient (Wildman–Crippen LogP) is 0.828. The molecule has 0 N–H and O–H groups in total. The Balaban J connectivity index is 2.95. The lowest BCUT2D eigenvalue weighted by Gasteiger charge is -2.10. The Morgan fingerprint density at radius 1 is 1.37 bits per heavy atom. The van der Waals surface area contributed by atoms with Crippen LogP contribution >= 0.6 is 0 Å². The van der Waals surface area contributed by atoms with Crippen LogP contribution in [-0.2, 0) is 16.4 Å². The zero-order chi connectivity index (χ0) is 14.2. The molecule has 0 amide bonds. The van der Waals surface area contributed by atoms with Gasteiger partial charge in [-0.15, -0.1) is 0 Å². The van der Waals surface area contributed by atoms with Gasteiger partial charge in [-0.3, -0.25) is 9.48 Å². The third-order valence-corrected chi connectivity index (χ3v) is 3.75. The van der Waals surface area contributed by atoms with Crippen molar-refractivity contribution >= 4 is 20.7 Å². The Bertz CT molecular complexity index is 793. The van der Waals surface area contributed by atoms with Gasteiger partial charge in [0.05, 0.1) is 18.0 Å². The Labute approximate surface area is 110 Å². The fourth-order valence-corrected chi connectivity index (χ4v) is 2.55. The van der Waals surface area contributed by atoms with Gasteiger partial charge in [0, 0.05) is 18.9 Å². The van der Waals surface area contributed by atoms with Gasteiger partial charge in [0.25, 0.3) is 0 Å². The van der Waals surface area contributed by atoms with E-state index in [9.17, 15) is 13.2 Å². The van der Waals surface area contributed by atoms with E-state index in [0.717, 1.165) is 6.26 Å². The van der Waals surface area contributed by atoms with Gasteiger partial charge in [-0.2, -0.15) is 5.10 Å². The lowest BCUT2D eigenvalue weighted by molar-refractivity contribution is 0.415. The van der Waals surface area contributed by atoms with Crippen LogP contribution in [0.3, 0.4) is 0 Å². The molecule has 0 saturated carbocycles. The van der Waals surface area contributed by atoms with Crippen LogP contribution in [0.5, 0.6) is 5.75 Å². The highest BCUT2D eigenvalue weighted by atomic mass is 32.2. The second kappa shape index (κ2) is 4.65. The number of aromatic nitrogens is 2. The Kier molecular flexibility index (Phi) is 3.32. The molecule has 1 aromatic carbocycles. The van der Waals surface area contributed by atoms with Crippen molar-refractivity contribution in [1.29, 1.82) is 0 Å². The van der Waals surface area contributed by atoms with Crippen molar-refractivity contribution in [2.24, 2.45) is 0 Å². The number of aryl methyl sites for hydroxylation is 1. The number of benzene rings is 1. The first-order chi connectivity index (χ1) is 8.88. The summed E-state index contributed by atoms with van der Waals surface area (Å²) in [4.78, 5) is 12.1. The van der Waals surface area contributed by atoms with Gasteiger partial charge in [-0.25, -0.2) is 8.42 Å². The Hall–Kier alpha value is -1.89. The molecule has 102 valence electrons. The SMILES string of the molecule is CCn1nc(S(C)(=O)=O)c(=O)c2ccc(OC)cc21. The second-order valence-corrected chi connectivity index (χ2v) is 6.04. The molecule has 1 heterocycles. The van der Waals surface area contributed by atoms with Crippen LogP contribution in [-0.4, -0.2) is 31.6 Å². The van der Waals surface area contributed by atoms with Crippen molar-refractivity contribution in [1.82, 2.24) is 9.78 Å². The number of fused-ring (bicyclic) bond motifs is 1. The first kappa shape index (κ1) is 13.5. The van der Waals surface area contributed by atoms with Gasteiger partial charge in [0.1, 0.15) is 5.75 Å². The molecule has 0 atom stereocenters. The lowest BCUT2D eigenvalue weighted by atomic mass is 10.2. The normalized spacial score (nSPS) is 11.7. The summed E-state index contributed by atoms with van der Waals surface area (Å²) in [6.07, 6.45) is 0.978. The van der Waals surface area contributed by atoms with Gasteiger partial charge in [0.15, 0.2) is 9.84 Å². The van der Waals surface area contributed by atoms with E-state index < -0.39 is 20.3 Å². The summed E-state index contributed by atoms with van der Waals surface area (Å²) < 4.78 is 29.8. The quantitative estimate of drug-likeness (QED) is 0.833. The Morgan fingerprint density at radius 3 is 2.58 bits per heavy atom. The summed E-state index contributed by atoms with van der Waals surface area (Å²) in [6, 6.07) is 4.84.